The zero-order valence-corrected chi connectivity index (χ0v) is 14.7. The number of rotatable bonds is 2. The Kier molecular flexibility index (Phi) is 4.43. The Hall–Kier alpha value is -1.81. The van der Waals surface area contributed by atoms with Gasteiger partial charge in [0, 0.05) is 40.9 Å². The number of nitrogens with one attached hydrogen (secondary N) is 2. The summed E-state index contributed by atoms with van der Waals surface area (Å²) in [6.07, 6.45) is 1.10. The van der Waals surface area contributed by atoms with Crippen LogP contribution in [0.3, 0.4) is 0 Å². The van der Waals surface area contributed by atoms with Crippen LogP contribution >= 0.6 is 0 Å². The number of morpholine rings is 1. The van der Waals surface area contributed by atoms with Crippen molar-refractivity contribution < 1.29 is 18.5 Å². The fourth-order valence-electron chi connectivity index (χ4n) is 3.14. The van der Waals surface area contributed by atoms with E-state index in [4.69, 9.17) is 14.3 Å². The Morgan fingerprint density at radius 2 is 2.21 bits per heavy atom. The third-order valence-corrected chi connectivity index (χ3v) is 6.32. The summed E-state index contributed by atoms with van der Waals surface area (Å²) in [7, 11) is 0.803. The zero-order chi connectivity index (χ0) is 17.4. The van der Waals surface area contributed by atoms with Gasteiger partial charge in [0.25, 0.3) is 0 Å². The lowest BCUT2D eigenvalue weighted by atomic mass is 9.94. The quantitative estimate of drug-likeness (QED) is 0.816. The highest BCUT2D eigenvalue weighted by Gasteiger charge is 2.42. The van der Waals surface area contributed by atoms with Crippen LogP contribution in [0, 0.1) is 4.78 Å². The van der Waals surface area contributed by atoms with Gasteiger partial charge in [-0.1, -0.05) is 0 Å². The molecule has 0 unspecified atom stereocenters. The Morgan fingerprint density at radius 3 is 2.83 bits per heavy atom. The van der Waals surface area contributed by atoms with Gasteiger partial charge < -0.3 is 14.4 Å². The number of ether oxygens (including phenoxy) is 2. The minimum Gasteiger partial charge on any atom is -0.481 e. The second-order valence-electron chi connectivity index (χ2n) is 6.30. The van der Waals surface area contributed by atoms with E-state index in [-0.39, 0.29) is 6.03 Å². The fourth-order valence-corrected chi connectivity index (χ4v) is 4.75. The summed E-state index contributed by atoms with van der Waals surface area (Å²) in [5, 5.41) is 6.95. The molecule has 2 aliphatic rings. The van der Waals surface area contributed by atoms with Gasteiger partial charge in [0.1, 0.15) is 0 Å². The van der Waals surface area contributed by atoms with E-state index < -0.39 is 15.3 Å². The summed E-state index contributed by atoms with van der Waals surface area (Å²) in [6, 6.07) is 1.42. The molecule has 0 atom stereocenters. The van der Waals surface area contributed by atoms with Gasteiger partial charge in [0.15, 0.2) is 5.82 Å². The van der Waals surface area contributed by atoms with Gasteiger partial charge in [-0.15, -0.1) is 0 Å². The first-order valence-corrected chi connectivity index (χ1v) is 9.74. The van der Waals surface area contributed by atoms with Gasteiger partial charge in [0.05, 0.1) is 25.9 Å². The predicted octanol–water partition coefficient (Wildman–Crippen LogP) is 0.872. The minimum atomic E-state index is -2.48. The first-order valence-electron chi connectivity index (χ1n) is 7.85. The lowest BCUT2D eigenvalue weighted by Crippen LogP contribution is -2.57. The van der Waals surface area contributed by atoms with Crippen LogP contribution in [0.4, 0.5) is 10.6 Å². The molecule has 9 nitrogen and oxygen atoms in total. The van der Waals surface area contributed by atoms with Crippen molar-refractivity contribution in [1.82, 2.24) is 14.7 Å². The number of aromatic nitrogens is 2. The molecule has 0 aromatic carbocycles. The van der Waals surface area contributed by atoms with E-state index in [9.17, 15) is 9.00 Å². The van der Waals surface area contributed by atoms with Crippen LogP contribution in [-0.4, -0.2) is 68.8 Å². The van der Waals surface area contributed by atoms with Crippen LogP contribution in [0.5, 0.6) is 5.88 Å². The molecule has 24 heavy (non-hydrogen) atoms. The molecule has 0 saturated carbocycles. The van der Waals surface area contributed by atoms with E-state index in [1.165, 1.54) is 0 Å². The molecular weight excluding hydrogens is 334 g/mol. The van der Waals surface area contributed by atoms with Crippen molar-refractivity contribution in [1.29, 1.82) is 4.78 Å². The third-order valence-electron chi connectivity index (χ3n) is 4.59. The first-order chi connectivity index (χ1) is 11.3. The highest BCUT2D eigenvalue weighted by Crippen LogP contribution is 2.31. The number of nitrogens with zero attached hydrogens (tertiary/aromatic N) is 3. The maximum absolute atomic E-state index is 12.5. The number of carbonyl (C=O) groups is 1. The molecule has 3 heterocycles. The highest BCUT2D eigenvalue weighted by molar-refractivity contribution is 7.92. The monoisotopic (exact) mass is 357 g/mol. The Labute approximate surface area is 141 Å². The van der Waals surface area contributed by atoms with Crippen LogP contribution in [0.15, 0.2) is 6.07 Å². The first kappa shape index (κ1) is 17.0. The highest BCUT2D eigenvalue weighted by atomic mass is 32.2. The maximum atomic E-state index is 12.5. The number of carbonyl (C=O) groups excluding carboxylic acids is 1. The number of hydrogen-bond donors (Lipinski definition) is 2. The van der Waals surface area contributed by atoms with Crippen molar-refractivity contribution in [2.24, 2.45) is 7.05 Å². The van der Waals surface area contributed by atoms with Gasteiger partial charge in [-0.05, 0) is 12.8 Å². The summed E-state index contributed by atoms with van der Waals surface area (Å²) in [6.45, 7) is 1.38. The topological polar surface area (TPSA) is 110 Å². The summed E-state index contributed by atoms with van der Waals surface area (Å²) >= 11 is 0. The lowest BCUT2D eigenvalue weighted by molar-refractivity contribution is -0.101. The molecule has 1 aromatic rings. The van der Waals surface area contributed by atoms with Crippen LogP contribution in [-0.2, 0) is 21.5 Å². The average Bonchev–Trinajstić information content (AvgIpc) is 2.90. The van der Waals surface area contributed by atoms with E-state index in [0.717, 1.165) is 0 Å². The second-order valence-corrected chi connectivity index (χ2v) is 8.74. The normalized spacial score (nSPS) is 30.3. The smallest absolute Gasteiger partial charge is 0.323 e. The van der Waals surface area contributed by atoms with Gasteiger partial charge in [-0.3, -0.25) is 10.1 Å². The molecule has 10 heteroatoms. The number of methoxy groups -OCH3 is 1. The molecular formula is C14H23N5O4S. The fraction of sp³-hybridized carbons (Fsp3) is 0.714. The Bertz CT molecular complexity index is 716. The summed E-state index contributed by atoms with van der Waals surface area (Å²) in [4.78, 5) is 14.2. The summed E-state index contributed by atoms with van der Waals surface area (Å²) < 4.78 is 32.1. The van der Waals surface area contributed by atoms with Crippen molar-refractivity contribution in [3.05, 3.63) is 6.07 Å². The molecule has 0 radical (unpaired) electrons. The van der Waals surface area contributed by atoms with Gasteiger partial charge in [-0.25, -0.2) is 13.7 Å². The van der Waals surface area contributed by atoms with Crippen molar-refractivity contribution in [2.75, 3.05) is 43.6 Å². The van der Waals surface area contributed by atoms with Crippen molar-refractivity contribution >= 4 is 21.6 Å². The van der Waals surface area contributed by atoms with Crippen molar-refractivity contribution in [2.45, 2.75) is 18.4 Å². The van der Waals surface area contributed by atoms with Gasteiger partial charge in [-0.2, -0.15) is 5.10 Å². The second kappa shape index (κ2) is 6.25. The van der Waals surface area contributed by atoms with Crippen molar-refractivity contribution in [3.8, 4) is 5.88 Å². The van der Waals surface area contributed by atoms with Crippen LogP contribution < -0.4 is 10.1 Å². The maximum Gasteiger partial charge on any atom is 0.323 e. The van der Waals surface area contributed by atoms with Crippen LogP contribution in [0.25, 0.3) is 0 Å². The van der Waals surface area contributed by atoms with E-state index in [1.807, 2.05) is 0 Å². The number of urea groups is 1. The molecule has 2 amide bonds. The standard InChI is InChI=1S/C14H23N5O4S/c1-18-12(22-2)9-11(17-18)16-13(20)19-5-6-23-14(10-19)3-7-24(15,21)8-4-14/h9,15H,3-8,10H2,1-2H3,(H,16,17,20). The Balaban J connectivity index is 1.65. The molecule has 2 fully saturated rings. The van der Waals surface area contributed by atoms with Gasteiger partial charge >= 0.3 is 6.03 Å². The van der Waals surface area contributed by atoms with Crippen molar-refractivity contribution in [3.63, 3.8) is 0 Å². The molecule has 2 saturated heterocycles. The minimum absolute atomic E-state index is 0.240. The largest absolute Gasteiger partial charge is 0.481 e. The predicted molar refractivity (Wildman–Crippen MR) is 88.9 cm³/mol. The molecule has 0 aliphatic carbocycles. The Morgan fingerprint density at radius 1 is 1.50 bits per heavy atom. The van der Waals surface area contributed by atoms with Crippen LogP contribution in [0.2, 0.25) is 0 Å². The number of aryl methyl sites for hydroxylation is 1. The SMILES string of the molecule is COc1cc(NC(=O)N2CCOC3(CCS(=N)(=O)CC3)C2)nn1C. The number of amides is 2. The van der Waals surface area contributed by atoms with E-state index in [1.54, 1.807) is 29.8 Å². The third kappa shape index (κ3) is 3.48. The summed E-state index contributed by atoms with van der Waals surface area (Å²) in [5.74, 6) is 1.65. The summed E-state index contributed by atoms with van der Waals surface area (Å²) in [5.41, 5.74) is -0.473. The molecule has 134 valence electrons. The molecule has 1 spiro atoms. The molecule has 2 aliphatic heterocycles. The molecule has 2 N–H and O–H groups in total. The van der Waals surface area contributed by atoms with E-state index >= 15 is 0 Å². The molecule has 1 aromatic heterocycles. The van der Waals surface area contributed by atoms with Crippen LogP contribution in [0.1, 0.15) is 12.8 Å². The molecule has 3 rings (SSSR count). The number of anilines is 1. The molecule has 0 bridgehead atoms. The van der Waals surface area contributed by atoms with Gasteiger partial charge in [0.2, 0.25) is 5.88 Å². The zero-order valence-electron chi connectivity index (χ0n) is 13.9. The lowest BCUT2D eigenvalue weighted by Gasteiger charge is -2.45. The van der Waals surface area contributed by atoms with E-state index in [0.29, 0.717) is 55.7 Å². The average molecular weight is 357 g/mol. The van der Waals surface area contributed by atoms with E-state index in [2.05, 4.69) is 10.4 Å². The number of hydrogen-bond acceptors (Lipinski definition) is 6.